The lowest BCUT2D eigenvalue weighted by Crippen LogP contribution is -2.34. The normalized spacial score (nSPS) is 24.7. The predicted octanol–water partition coefficient (Wildman–Crippen LogP) is 4.45. The van der Waals surface area contributed by atoms with Gasteiger partial charge in [-0.2, -0.15) is 9.97 Å². The van der Waals surface area contributed by atoms with Gasteiger partial charge in [-0.1, -0.05) is 24.3 Å². The fourth-order valence-electron chi connectivity index (χ4n) is 6.80. The molecule has 3 unspecified atom stereocenters. The molecule has 5 heterocycles. The number of anilines is 2. The summed E-state index contributed by atoms with van der Waals surface area (Å²) in [5.41, 5.74) is 3.14. The first-order valence-corrected chi connectivity index (χ1v) is 14.7. The third-order valence-corrected chi connectivity index (χ3v) is 8.83. The molecule has 4 aliphatic heterocycles. The summed E-state index contributed by atoms with van der Waals surface area (Å²) in [5.74, 6) is 1.21. The van der Waals surface area contributed by atoms with Crippen molar-refractivity contribution in [3.05, 3.63) is 47.7 Å². The highest BCUT2D eigenvalue weighted by Crippen LogP contribution is 2.36. The van der Waals surface area contributed by atoms with Crippen molar-refractivity contribution in [3.8, 4) is 11.8 Å². The van der Waals surface area contributed by atoms with E-state index in [4.69, 9.17) is 14.7 Å². The van der Waals surface area contributed by atoms with E-state index in [-0.39, 0.29) is 11.9 Å². The number of halogens is 1. The second-order valence-corrected chi connectivity index (χ2v) is 11.5. The first-order valence-electron chi connectivity index (χ1n) is 14.7. The Morgan fingerprint density at radius 3 is 2.67 bits per heavy atom. The molecular weight excluding hydrogens is 509 g/mol. The Kier molecular flexibility index (Phi) is 7.94. The van der Waals surface area contributed by atoms with Crippen LogP contribution in [0.2, 0.25) is 0 Å². The van der Waals surface area contributed by atoms with Gasteiger partial charge in [-0.3, -0.25) is 4.90 Å². The number of aliphatic hydroxyl groups excluding tert-OH is 1. The van der Waals surface area contributed by atoms with Crippen molar-refractivity contribution in [2.24, 2.45) is 0 Å². The Labute approximate surface area is 235 Å². The second-order valence-electron chi connectivity index (χ2n) is 11.5. The number of aromatic hydroxyl groups is 1. The molecule has 2 aromatic carbocycles. The number of ether oxygens (including phenoxy) is 1. The Morgan fingerprint density at radius 1 is 0.975 bits per heavy atom. The van der Waals surface area contributed by atoms with Gasteiger partial charge in [-0.25, -0.2) is 4.39 Å². The van der Waals surface area contributed by atoms with Crippen molar-refractivity contribution >= 4 is 22.3 Å². The van der Waals surface area contributed by atoms with Gasteiger partial charge in [0.15, 0.2) is 0 Å². The van der Waals surface area contributed by atoms with Crippen LogP contribution in [0.25, 0.3) is 10.8 Å². The highest BCUT2D eigenvalue weighted by atomic mass is 19.1. The summed E-state index contributed by atoms with van der Waals surface area (Å²) in [7, 11) is 1.60. The molecule has 3 aromatic rings. The number of rotatable bonds is 3. The fourth-order valence-corrected chi connectivity index (χ4v) is 6.80. The Bertz CT molecular complexity index is 1330. The number of phenolic OH excluding ortho intramolecular Hbond substituents is 1. The van der Waals surface area contributed by atoms with Gasteiger partial charge in [0.05, 0.1) is 25.5 Å². The average molecular weight is 550 g/mol. The van der Waals surface area contributed by atoms with Gasteiger partial charge in [0, 0.05) is 54.9 Å². The van der Waals surface area contributed by atoms with Crippen LogP contribution in [0.4, 0.5) is 15.9 Å². The molecule has 40 heavy (non-hydrogen) atoms. The lowest BCUT2D eigenvalue weighted by atomic mass is 10.0. The summed E-state index contributed by atoms with van der Waals surface area (Å²) in [6, 6.07) is 12.7. The number of aliphatic hydroxyl groups is 1. The average Bonchev–Trinajstić information content (AvgIpc) is 3.47. The molecule has 0 spiro atoms. The predicted molar refractivity (Wildman–Crippen MR) is 155 cm³/mol. The molecule has 0 aliphatic carbocycles. The second kappa shape index (κ2) is 11.7. The molecule has 0 saturated carbocycles. The third-order valence-electron chi connectivity index (χ3n) is 8.83. The molecule has 2 N–H and O–H groups in total. The van der Waals surface area contributed by atoms with Gasteiger partial charge in [0.1, 0.15) is 17.7 Å². The number of fused-ring (bicyclic) bond motifs is 3. The number of methoxy groups -OCH3 is 1. The van der Waals surface area contributed by atoms with Gasteiger partial charge in [0.25, 0.3) is 0 Å². The minimum Gasteiger partial charge on any atom is -0.508 e. The summed E-state index contributed by atoms with van der Waals surface area (Å²) in [5, 5.41) is 22.5. The van der Waals surface area contributed by atoms with E-state index in [9.17, 15) is 14.6 Å². The lowest BCUT2D eigenvalue weighted by Gasteiger charge is -2.34. The maximum absolute atomic E-state index is 12.6. The van der Waals surface area contributed by atoms with Crippen molar-refractivity contribution in [1.82, 2.24) is 14.9 Å². The van der Waals surface area contributed by atoms with Gasteiger partial charge in [-0.15, -0.1) is 0 Å². The van der Waals surface area contributed by atoms with E-state index in [2.05, 4.69) is 20.8 Å². The number of aromatic nitrogens is 2. The van der Waals surface area contributed by atoms with Crippen LogP contribution in [-0.2, 0) is 13.0 Å². The zero-order valence-corrected chi connectivity index (χ0v) is 23.3. The van der Waals surface area contributed by atoms with Crippen LogP contribution in [0.5, 0.6) is 11.8 Å². The summed E-state index contributed by atoms with van der Waals surface area (Å²) in [4.78, 5) is 16.2. The smallest absolute Gasteiger partial charge is 0.318 e. The molecular formula is C31H40FN5O3. The Balaban J connectivity index is 0.000000271. The summed E-state index contributed by atoms with van der Waals surface area (Å²) in [6.07, 6.45) is 5.93. The van der Waals surface area contributed by atoms with Crippen LogP contribution in [0.15, 0.2) is 36.4 Å². The number of hydrogen-bond acceptors (Lipinski definition) is 8. The number of nitrogens with zero attached hydrogens (tertiary/aromatic N) is 5. The SMILES string of the molecule is COc1nc2c(c(N3CCCC(O)CC3)n1)CCN(c1cc(O)cc3ccccc13)C2.FC1CC2CCCN2C1. The molecule has 0 radical (unpaired) electrons. The minimum atomic E-state index is -0.518. The maximum Gasteiger partial charge on any atom is 0.318 e. The molecule has 0 amide bonds. The molecule has 4 aliphatic rings. The van der Waals surface area contributed by atoms with E-state index in [0.717, 1.165) is 91.8 Å². The summed E-state index contributed by atoms with van der Waals surface area (Å²) in [6.45, 7) is 4.97. The molecule has 1 aromatic heterocycles. The van der Waals surface area contributed by atoms with Crippen molar-refractivity contribution < 1.29 is 19.3 Å². The first kappa shape index (κ1) is 27.0. The van der Waals surface area contributed by atoms with Gasteiger partial charge in [-0.05, 0) is 62.9 Å². The van der Waals surface area contributed by atoms with Crippen LogP contribution in [0, 0.1) is 0 Å². The van der Waals surface area contributed by atoms with Crippen LogP contribution < -0.4 is 14.5 Å². The highest BCUT2D eigenvalue weighted by molar-refractivity contribution is 5.95. The molecule has 8 nitrogen and oxygen atoms in total. The zero-order valence-electron chi connectivity index (χ0n) is 23.3. The van der Waals surface area contributed by atoms with E-state index < -0.39 is 6.17 Å². The summed E-state index contributed by atoms with van der Waals surface area (Å²) >= 11 is 0. The van der Waals surface area contributed by atoms with E-state index in [1.807, 2.05) is 24.3 Å². The third kappa shape index (κ3) is 5.67. The van der Waals surface area contributed by atoms with E-state index in [1.54, 1.807) is 13.2 Å². The van der Waals surface area contributed by atoms with Crippen LogP contribution in [-0.4, -0.2) is 83.2 Å². The minimum absolute atomic E-state index is 0.237. The molecule has 3 fully saturated rings. The number of hydrogen-bond donors (Lipinski definition) is 2. The van der Waals surface area contributed by atoms with Crippen LogP contribution in [0.1, 0.15) is 49.8 Å². The molecule has 3 saturated heterocycles. The van der Waals surface area contributed by atoms with Gasteiger partial charge in [0.2, 0.25) is 0 Å². The monoisotopic (exact) mass is 549 g/mol. The quantitative estimate of drug-likeness (QED) is 0.496. The molecule has 7 rings (SSSR count). The van der Waals surface area contributed by atoms with Crippen molar-refractivity contribution in [2.45, 2.75) is 69.8 Å². The van der Waals surface area contributed by atoms with E-state index in [1.165, 1.54) is 12.8 Å². The Hall–Kier alpha value is -3.17. The molecule has 0 bridgehead atoms. The largest absolute Gasteiger partial charge is 0.508 e. The van der Waals surface area contributed by atoms with Crippen molar-refractivity contribution in [2.75, 3.05) is 49.6 Å². The van der Waals surface area contributed by atoms with Gasteiger partial charge >= 0.3 is 6.01 Å². The van der Waals surface area contributed by atoms with Crippen molar-refractivity contribution in [1.29, 1.82) is 0 Å². The summed E-state index contributed by atoms with van der Waals surface area (Å²) < 4.78 is 18.0. The van der Waals surface area contributed by atoms with Crippen LogP contribution in [0.3, 0.4) is 0 Å². The van der Waals surface area contributed by atoms with Crippen molar-refractivity contribution in [3.63, 3.8) is 0 Å². The highest BCUT2D eigenvalue weighted by Gasteiger charge is 2.34. The lowest BCUT2D eigenvalue weighted by molar-refractivity contribution is 0.161. The number of benzene rings is 2. The fraction of sp³-hybridized carbons (Fsp3) is 0.548. The first-order chi connectivity index (χ1) is 19.5. The molecule has 214 valence electrons. The molecule has 9 heteroatoms. The van der Waals surface area contributed by atoms with E-state index in [0.29, 0.717) is 25.1 Å². The standard InChI is InChI=1S/C24H28N4O3.C7H12FN/c1-31-24-25-21-15-28(22-14-18(30)13-16-5-2-3-7-19(16)22)12-9-20(21)23(26-24)27-10-4-6-17(29)8-11-27;8-6-4-7-2-1-3-9(7)5-6/h2-3,5,7,13-14,17,29-30H,4,6,8-12,15H2,1H3;6-7H,1-5H2. The van der Waals surface area contributed by atoms with E-state index >= 15 is 0 Å². The zero-order chi connectivity index (χ0) is 27.6. The van der Waals surface area contributed by atoms with Crippen LogP contribution >= 0.6 is 0 Å². The maximum atomic E-state index is 12.6. The number of alkyl halides is 1. The topological polar surface area (TPSA) is 85.2 Å². The van der Waals surface area contributed by atoms with Gasteiger partial charge < -0.3 is 24.7 Å². The molecule has 3 atom stereocenters. The number of phenols is 1. The Morgan fingerprint density at radius 2 is 1.82 bits per heavy atom.